The van der Waals surface area contributed by atoms with Gasteiger partial charge in [-0.1, -0.05) is 43.3 Å². The quantitative estimate of drug-likeness (QED) is 0.786. The molecular formula is C18H23ClN2O2. The fourth-order valence-electron chi connectivity index (χ4n) is 2.77. The molecular weight excluding hydrogens is 312 g/mol. The molecule has 1 saturated heterocycles. The number of nitrogens with one attached hydrogen (secondary N) is 2. The average molecular weight is 335 g/mol. The molecule has 4 nitrogen and oxygen atoms in total. The van der Waals surface area contributed by atoms with Crippen LogP contribution in [0, 0.1) is 11.8 Å². The topological polar surface area (TPSA) is 61.4 Å². The minimum absolute atomic E-state index is 0. The number of hydrogen-bond acceptors (Lipinski definition) is 3. The van der Waals surface area contributed by atoms with Crippen LogP contribution in [-0.2, 0) is 4.79 Å². The molecule has 0 aliphatic carbocycles. The zero-order valence-electron chi connectivity index (χ0n) is 13.2. The highest BCUT2D eigenvalue weighted by atomic mass is 35.5. The third kappa shape index (κ3) is 4.02. The molecule has 1 fully saturated rings. The van der Waals surface area contributed by atoms with Crippen LogP contribution >= 0.6 is 12.4 Å². The summed E-state index contributed by atoms with van der Waals surface area (Å²) in [5.74, 6) is 0.425. The number of fused-ring (bicyclic) bond motifs is 1. The second kappa shape index (κ2) is 7.77. The van der Waals surface area contributed by atoms with E-state index < -0.39 is 6.10 Å². The highest BCUT2D eigenvalue weighted by molar-refractivity contribution is 5.85. The first kappa shape index (κ1) is 17.7. The summed E-state index contributed by atoms with van der Waals surface area (Å²) in [5, 5.41) is 18.6. The number of aliphatic hydroxyl groups excluding tert-OH is 1. The maximum absolute atomic E-state index is 12.1. The summed E-state index contributed by atoms with van der Waals surface area (Å²) in [6.07, 6.45) is -0.680. The number of rotatable bonds is 5. The van der Waals surface area contributed by atoms with E-state index in [1.807, 2.05) is 49.4 Å². The lowest BCUT2D eigenvalue weighted by Crippen LogP contribution is -2.50. The number of carbonyl (C=O) groups excluding carboxylic acids is 1. The largest absolute Gasteiger partial charge is 0.387 e. The van der Waals surface area contributed by atoms with Crippen LogP contribution in [0.15, 0.2) is 42.5 Å². The molecule has 2 unspecified atom stereocenters. The normalized spacial score (nSPS) is 17.0. The summed E-state index contributed by atoms with van der Waals surface area (Å²) >= 11 is 0. The van der Waals surface area contributed by atoms with E-state index in [2.05, 4.69) is 10.6 Å². The van der Waals surface area contributed by atoms with Crippen LogP contribution in [0.2, 0.25) is 0 Å². The van der Waals surface area contributed by atoms with Crippen molar-refractivity contribution < 1.29 is 9.90 Å². The van der Waals surface area contributed by atoms with Gasteiger partial charge in [0.05, 0.1) is 6.10 Å². The first-order valence-corrected chi connectivity index (χ1v) is 7.80. The van der Waals surface area contributed by atoms with Crippen molar-refractivity contribution in [1.82, 2.24) is 10.6 Å². The van der Waals surface area contributed by atoms with Crippen LogP contribution in [0.4, 0.5) is 0 Å². The molecule has 2 atom stereocenters. The molecule has 2 aromatic rings. The van der Waals surface area contributed by atoms with E-state index in [0.29, 0.717) is 5.92 Å². The molecule has 3 N–H and O–H groups in total. The van der Waals surface area contributed by atoms with Gasteiger partial charge >= 0.3 is 0 Å². The Bertz CT molecular complexity index is 673. The van der Waals surface area contributed by atoms with Gasteiger partial charge in [0.15, 0.2) is 0 Å². The van der Waals surface area contributed by atoms with Crippen LogP contribution < -0.4 is 10.6 Å². The van der Waals surface area contributed by atoms with E-state index >= 15 is 0 Å². The molecule has 1 aliphatic rings. The Kier molecular flexibility index (Phi) is 5.99. The van der Waals surface area contributed by atoms with E-state index in [0.717, 1.165) is 29.4 Å². The summed E-state index contributed by atoms with van der Waals surface area (Å²) < 4.78 is 0. The van der Waals surface area contributed by atoms with Crippen molar-refractivity contribution in [3.05, 3.63) is 48.0 Å². The molecule has 0 saturated carbocycles. The van der Waals surface area contributed by atoms with Gasteiger partial charge in [0.25, 0.3) is 0 Å². The lowest BCUT2D eigenvalue weighted by Gasteiger charge is -2.31. The molecule has 23 heavy (non-hydrogen) atoms. The van der Waals surface area contributed by atoms with Crippen molar-refractivity contribution in [1.29, 1.82) is 0 Å². The zero-order chi connectivity index (χ0) is 15.5. The minimum atomic E-state index is -0.680. The van der Waals surface area contributed by atoms with Crippen LogP contribution in [0.3, 0.4) is 0 Å². The highest BCUT2D eigenvalue weighted by Gasteiger charge is 2.28. The molecule has 124 valence electrons. The van der Waals surface area contributed by atoms with Crippen molar-refractivity contribution in [3.63, 3.8) is 0 Å². The molecule has 0 aromatic heterocycles. The average Bonchev–Trinajstić information content (AvgIpc) is 2.50. The van der Waals surface area contributed by atoms with E-state index in [4.69, 9.17) is 0 Å². The fourth-order valence-corrected chi connectivity index (χ4v) is 2.77. The molecule has 0 bridgehead atoms. The summed E-state index contributed by atoms with van der Waals surface area (Å²) in [6.45, 7) is 4.01. The zero-order valence-corrected chi connectivity index (χ0v) is 14.0. The Morgan fingerprint density at radius 1 is 1.26 bits per heavy atom. The van der Waals surface area contributed by atoms with Gasteiger partial charge in [0, 0.05) is 12.5 Å². The van der Waals surface area contributed by atoms with Gasteiger partial charge in [0.1, 0.15) is 0 Å². The van der Waals surface area contributed by atoms with Crippen molar-refractivity contribution in [3.8, 4) is 0 Å². The van der Waals surface area contributed by atoms with Gasteiger partial charge in [-0.05, 0) is 41.4 Å². The van der Waals surface area contributed by atoms with Gasteiger partial charge in [-0.25, -0.2) is 0 Å². The molecule has 1 aliphatic heterocycles. The number of benzene rings is 2. The van der Waals surface area contributed by atoms with Crippen LogP contribution in [-0.4, -0.2) is 30.6 Å². The summed E-state index contributed by atoms with van der Waals surface area (Å²) in [5.41, 5.74) is 0.831. The highest BCUT2D eigenvalue weighted by Crippen LogP contribution is 2.20. The molecule has 2 aromatic carbocycles. The minimum Gasteiger partial charge on any atom is -0.387 e. The third-order valence-corrected chi connectivity index (χ3v) is 4.56. The maximum atomic E-state index is 12.1. The van der Waals surface area contributed by atoms with Crippen LogP contribution in [0.1, 0.15) is 18.6 Å². The first-order chi connectivity index (χ1) is 10.6. The Labute approximate surface area is 142 Å². The van der Waals surface area contributed by atoms with Gasteiger partial charge in [-0.3, -0.25) is 4.79 Å². The van der Waals surface area contributed by atoms with Crippen molar-refractivity contribution in [2.45, 2.75) is 13.0 Å². The monoisotopic (exact) mass is 334 g/mol. The fraction of sp³-hybridized carbons (Fsp3) is 0.389. The second-order valence-corrected chi connectivity index (χ2v) is 6.07. The lowest BCUT2D eigenvalue weighted by atomic mass is 9.88. The molecule has 1 amide bonds. The molecule has 3 rings (SSSR count). The predicted molar refractivity (Wildman–Crippen MR) is 94.7 cm³/mol. The number of hydrogen-bond donors (Lipinski definition) is 3. The first-order valence-electron chi connectivity index (χ1n) is 7.80. The van der Waals surface area contributed by atoms with Gasteiger partial charge < -0.3 is 15.7 Å². The number of carbonyl (C=O) groups is 1. The summed E-state index contributed by atoms with van der Waals surface area (Å²) in [4.78, 5) is 12.1. The van der Waals surface area contributed by atoms with Gasteiger partial charge in [-0.2, -0.15) is 0 Å². The van der Waals surface area contributed by atoms with E-state index in [-0.39, 0.29) is 30.8 Å². The Morgan fingerprint density at radius 3 is 2.61 bits per heavy atom. The SMILES string of the molecule is CC(C(=O)NCC(O)c1ccc2ccccc2c1)C1CNC1.Cl. The van der Waals surface area contributed by atoms with Crippen LogP contribution in [0.25, 0.3) is 10.8 Å². The number of halogens is 1. The van der Waals surface area contributed by atoms with E-state index in [1.165, 1.54) is 0 Å². The predicted octanol–water partition coefficient (Wildman–Crippen LogP) is 2.27. The third-order valence-electron chi connectivity index (χ3n) is 4.56. The molecule has 5 heteroatoms. The molecule has 1 heterocycles. The van der Waals surface area contributed by atoms with Crippen molar-refractivity contribution in [2.24, 2.45) is 11.8 Å². The standard InChI is InChI=1S/C18H22N2O2.ClH/c1-12(16-9-19-10-16)18(22)20-11-17(21)15-7-6-13-4-2-3-5-14(13)8-15;/h2-8,12,16-17,19,21H,9-11H2,1H3,(H,20,22);1H. The van der Waals surface area contributed by atoms with E-state index in [9.17, 15) is 9.90 Å². The van der Waals surface area contributed by atoms with Gasteiger partial charge in [0.2, 0.25) is 5.91 Å². The maximum Gasteiger partial charge on any atom is 0.223 e. The number of aliphatic hydroxyl groups is 1. The van der Waals surface area contributed by atoms with Gasteiger partial charge in [-0.15, -0.1) is 12.4 Å². The van der Waals surface area contributed by atoms with Crippen molar-refractivity contribution in [2.75, 3.05) is 19.6 Å². The summed E-state index contributed by atoms with van der Waals surface area (Å²) in [6, 6.07) is 13.9. The lowest BCUT2D eigenvalue weighted by molar-refractivity contribution is -0.127. The van der Waals surface area contributed by atoms with Crippen LogP contribution in [0.5, 0.6) is 0 Å². The summed E-state index contributed by atoms with van der Waals surface area (Å²) in [7, 11) is 0. The Balaban J connectivity index is 0.00000192. The molecule has 0 spiro atoms. The smallest absolute Gasteiger partial charge is 0.223 e. The Morgan fingerprint density at radius 2 is 1.96 bits per heavy atom. The number of amides is 1. The molecule has 0 radical (unpaired) electrons. The van der Waals surface area contributed by atoms with E-state index in [1.54, 1.807) is 0 Å². The van der Waals surface area contributed by atoms with Crippen molar-refractivity contribution >= 4 is 29.1 Å². The Hall–Kier alpha value is -1.62. The second-order valence-electron chi connectivity index (χ2n) is 6.07.